The number of benzene rings is 2. The fourth-order valence-electron chi connectivity index (χ4n) is 3.01. The lowest BCUT2D eigenvalue weighted by molar-refractivity contribution is 0.0801. The molecule has 1 aliphatic carbocycles. The first-order valence-electron chi connectivity index (χ1n) is 7.51. The fraction of sp³-hybridized carbons (Fsp3) is 0.263. The van der Waals surface area contributed by atoms with Crippen LogP contribution in [0.1, 0.15) is 39.1 Å². The topological polar surface area (TPSA) is 43.4 Å². The molecule has 0 saturated carbocycles. The summed E-state index contributed by atoms with van der Waals surface area (Å²) in [7, 11) is 1.61. The van der Waals surface area contributed by atoms with Gasteiger partial charge in [0, 0.05) is 11.1 Å². The first kappa shape index (κ1) is 14.5. The second-order valence-corrected chi connectivity index (χ2v) is 5.56. The number of rotatable bonds is 3. The van der Waals surface area contributed by atoms with E-state index in [2.05, 4.69) is 0 Å². The number of hydrogen-bond donors (Lipinski definition) is 0. The van der Waals surface area contributed by atoms with Gasteiger partial charge in [-0.05, 0) is 43.0 Å². The minimum atomic E-state index is -0.572. The van der Waals surface area contributed by atoms with Crippen LogP contribution in [0.2, 0.25) is 0 Å². The van der Waals surface area contributed by atoms with Gasteiger partial charge in [-0.2, -0.15) is 0 Å². The Morgan fingerprint density at radius 3 is 2.64 bits per heavy atom. The summed E-state index contributed by atoms with van der Waals surface area (Å²) in [5.74, 6) is 0.0368. The molecule has 1 aliphatic rings. The zero-order valence-electron chi connectivity index (χ0n) is 12.5. The van der Waals surface area contributed by atoms with Crippen molar-refractivity contribution in [3.63, 3.8) is 0 Å². The van der Waals surface area contributed by atoms with Gasteiger partial charge >= 0.3 is 0 Å². The second kappa shape index (κ2) is 6.14. The van der Waals surface area contributed by atoms with Crippen LogP contribution >= 0.6 is 0 Å². The molecule has 2 aromatic rings. The molecule has 0 spiro atoms. The average molecular weight is 294 g/mol. The van der Waals surface area contributed by atoms with Crippen LogP contribution < -0.4 is 4.74 Å². The number of carbonyl (C=O) groups excluding carboxylic acids is 2. The maximum Gasteiger partial charge on any atom is 0.173 e. The molecule has 0 aliphatic heterocycles. The van der Waals surface area contributed by atoms with E-state index in [1.54, 1.807) is 31.4 Å². The normalized spacial score (nSPS) is 17.5. The van der Waals surface area contributed by atoms with Crippen LogP contribution in [-0.4, -0.2) is 18.7 Å². The van der Waals surface area contributed by atoms with Gasteiger partial charge in [0.05, 0.1) is 13.0 Å². The van der Waals surface area contributed by atoms with Crippen LogP contribution in [0, 0.1) is 5.92 Å². The summed E-state index contributed by atoms with van der Waals surface area (Å²) in [6.07, 6.45) is 2.23. The zero-order chi connectivity index (χ0) is 15.5. The smallest absolute Gasteiger partial charge is 0.173 e. The van der Waals surface area contributed by atoms with Crippen LogP contribution in [-0.2, 0) is 6.42 Å². The highest BCUT2D eigenvalue weighted by atomic mass is 16.5. The van der Waals surface area contributed by atoms with Crippen molar-refractivity contribution in [2.24, 2.45) is 5.92 Å². The van der Waals surface area contributed by atoms with Crippen molar-refractivity contribution >= 4 is 11.6 Å². The minimum absolute atomic E-state index is 0.0657. The number of ether oxygens (including phenoxy) is 1. The van der Waals surface area contributed by atoms with Crippen molar-refractivity contribution in [1.82, 2.24) is 0 Å². The SMILES string of the molecule is COc1ccc2c(c1)CCCC(C(=O)c1ccccc1)C2=O. The van der Waals surface area contributed by atoms with Crippen molar-refractivity contribution in [3.05, 3.63) is 65.2 Å². The molecule has 0 aromatic heterocycles. The van der Waals surface area contributed by atoms with Crippen molar-refractivity contribution in [1.29, 1.82) is 0 Å². The summed E-state index contributed by atoms with van der Waals surface area (Å²) in [5.41, 5.74) is 2.25. The van der Waals surface area contributed by atoms with Gasteiger partial charge < -0.3 is 4.74 Å². The van der Waals surface area contributed by atoms with Gasteiger partial charge in [0.1, 0.15) is 5.75 Å². The van der Waals surface area contributed by atoms with Gasteiger partial charge in [0.2, 0.25) is 0 Å². The zero-order valence-corrected chi connectivity index (χ0v) is 12.5. The van der Waals surface area contributed by atoms with Gasteiger partial charge in [-0.25, -0.2) is 0 Å². The molecule has 3 rings (SSSR count). The lowest BCUT2D eigenvalue weighted by Crippen LogP contribution is -2.23. The molecule has 0 bridgehead atoms. The highest BCUT2D eigenvalue weighted by Crippen LogP contribution is 2.29. The number of Topliss-reactive ketones (excluding diaryl/α,β-unsaturated/α-hetero) is 2. The molecule has 0 fully saturated rings. The Balaban J connectivity index is 1.94. The first-order valence-corrected chi connectivity index (χ1v) is 7.51. The van der Waals surface area contributed by atoms with Crippen LogP contribution in [0.15, 0.2) is 48.5 Å². The molecule has 1 unspecified atom stereocenters. The molecule has 0 heterocycles. The van der Waals surface area contributed by atoms with Gasteiger partial charge in [-0.1, -0.05) is 30.3 Å². The standard InChI is InChI=1S/C19H18O3/c1-22-15-10-11-16-14(12-15)8-5-9-17(19(16)21)18(20)13-6-3-2-4-7-13/h2-4,6-7,10-12,17H,5,8-9H2,1H3. The van der Waals surface area contributed by atoms with E-state index in [9.17, 15) is 9.59 Å². The molecule has 3 nitrogen and oxygen atoms in total. The van der Waals surface area contributed by atoms with E-state index in [1.807, 2.05) is 24.3 Å². The Labute approximate surface area is 129 Å². The maximum atomic E-state index is 12.8. The number of carbonyl (C=O) groups is 2. The van der Waals surface area contributed by atoms with E-state index in [0.29, 0.717) is 17.5 Å². The molecule has 0 amide bonds. The quantitative estimate of drug-likeness (QED) is 0.492. The molecule has 2 aromatic carbocycles. The summed E-state index contributed by atoms with van der Waals surface area (Å²) in [4.78, 5) is 25.4. The summed E-state index contributed by atoms with van der Waals surface area (Å²) in [5, 5.41) is 0. The molecule has 3 heteroatoms. The van der Waals surface area contributed by atoms with Crippen molar-refractivity contribution in [2.75, 3.05) is 7.11 Å². The monoisotopic (exact) mass is 294 g/mol. The number of aryl methyl sites for hydroxylation is 1. The third kappa shape index (κ3) is 2.67. The summed E-state index contributed by atoms with van der Waals surface area (Å²) >= 11 is 0. The maximum absolute atomic E-state index is 12.8. The largest absolute Gasteiger partial charge is 0.497 e. The predicted molar refractivity (Wildman–Crippen MR) is 84.5 cm³/mol. The molecule has 1 atom stereocenters. The molecule has 112 valence electrons. The predicted octanol–water partition coefficient (Wildman–Crippen LogP) is 3.71. The molecule has 0 saturated heterocycles. The van der Waals surface area contributed by atoms with Crippen molar-refractivity contribution < 1.29 is 14.3 Å². The Kier molecular flexibility index (Phi) is 4.05. The van der Waals surface area contributed by atoms with Crippen LogP contribution in [0.25, 0.3) is 0 Å². The van der Waals surface area contributed by atoms with Crippen LogP contribution in [0.3, 0.4) is 0 Å². The Bertz CT molecular complexity index is 704. The molecule has 22 heavy (non-hydrogen) atoms. The molecular formula is C19H18O3. The van der Waals surface area contributed by atoms with Crippen LogP contribution in [0.4, 0.5) is 0 Å². The lowest BCUT2D eigenvalue weighted by Gasteiger charge is -2.13. The van der Waals surface area contributed by atoms with Crippen LogP contribution in [0.5, 0.6) is 5.75 Å². The average Bonchev–Trinajstić information content (AvgIpc) is 2.73. The van der Waals surface area contributed by atoms with E-state index in [1.165, 1.54) is 0 Å². The molecule has 0 N–H and O–H groups in total. The van der Waals surface area contributed by atoms with Gasteiger partial charge in [0.25, 0.3) is 0 Å². The van der Waals surface area contributed by atoms with Gasteiger partial charge in [-0.15, -0.1) is 0 Å². The van der Waals surface area contributed by atoms with Crippen molar-refractivity contribution in [3.8, 4) is 5.75 Å². The Morgan fingerprint density at radius 1 is 1.14 bits per heavy atom. The van der Waals surface area contributed by atoms with E-state index >= 15 is 0 Å². The van der Waals surface area contributed by atoms with Crippen molar-refractivity contribution in [2.45, 2.75) is 19.3 Å². The van der Waals surface area contributed by atoms with E-state index < -0.39 is 5.92 Å². The van der Waals surface area contributed by atoms with E-state index in [-0.39, 0.29) is 11.6 Å². The minimum Gasteiger partial charge on any atom is -0.497 e. The summed E-state index contributed by atoms with van der Waals surface area (Å²) in [6.45, 7) is 0. The van der Waals surface area contributed by atoms with Gasteiger partial charge in [-0.3, -0.25) is 9.59 Å². The lowest BCUT2D eigenvalue weighted by atomic mass is 9.88. The number of fused-ring (bicyclic) bond motifs is 1. The highest BCUT2D eigenvalue weighted by Gasteiger charge is 2.31. The van der Waals surface area contributed by atoms with Gasteiger partial charge in [0.15, 0.2) is 11.6 Å². The third-order valence-electron chi connectivity index (χ3n) is 4.21. The van der Waals surface area contributed by atoms with E-state index in [4.69, 9.17) is 4.74 Å². The summed E-state index contributed by atoms with van der Waals surface area (Å²) < 4.78 is 5.22. The second-order valence-electron chi connectivity index (χ2n) is 5.56. The fourth-order valence-corrected chi connectivity index (χ4v) is 3.01. The number of methoxy groups -OCH3 is 1. The third-order valence-corrected chi connectivity index (χ3v) is 4.21. The molecular weight excluding hydrogens is 276 g/mol. The van der Waals surface area contributed by atoms with E-state index in [0.717, 1.165) is 24.2 Å². The number of hydrogen-bond acceptors (Lipinski definition) is 3. The Hall–Kier alpha value is -2.42. The summed E-state index contributed by atoms with van der Waals surface area (Å²) in [6, 6.07) is 14.5. The Morgan fingerprint density at radius 2 is 1.91 bits per heavy atom. The molecule has 0 radical (unpaired) electrons. The number of ketones is 2. The highest BCUT2D eigenvalue weighted by molar-refractivity contribution is 6.16. The first-order chi connectivity index (χ1) is 10.7.